The minimum absolute atomic E-state index is 0.0320. The normalized spacial score (nSPS) is 12.1. The van der Waals surface area contributed by atoms with E-state index < -0.39 is 0 Å². The molecule has 0 amide bonds. The van der Waals surface area contributed by atoms with Gasteiger partial charge in [-0.05, 0) is 131 Å². The van der Waals surface area contributed by atoms with E-state index in [0.29, 0.717) is 40.8 Å². The fourth-order valence-corrected chi connectivity index (χ4v) is 15.4. The first-order chi connectivity index (χ1) is 52.5. The van der Waals surface area contributed by atoms with Gasteiger partial charge in [0, 0.05) is 95.0 Å². The second-order valence-electron chi connectivity index (χ2n) is 26.6. The molecular formula is C94H60BN11. The summed E-state index contributed by atoms with van der Waals surface area (Å²) in [4.78, 5) is 47.9. The van der Waals surface area contributed by atoms with Gasteiger partial charge in [0.05, 0.1) is 28.1 Å². The van der Waals surface area contributed by atoms with E-state index in [-0.39, 0.29) is 6.71 Å². The van der Waals surface area contributed by atoms with Gasteiger partial charge in [0.1, 0.15) is 0 Å². The van der Waals surface area contributed by atoms with Crippen LogP contribution in [0.4, 0.5) is 34.1 Å². The van der Waals surface area contributed by atoms with Crippen molar-refractivity contribution in [2.45, 2.75) is 0 Å². The first-order valence-corrected chi connectivity index (χ1v) is 35.6. The Labute approximate surface area is 612 Å². The molecule has 14 aromatic carbocycles. The van der Waals surface area contributed by atoms with E-state index in [9.17, 15) is 0 Å². The molecular weight excluding hydrogens is 1290 g/mol. The molecule has 0 radical (unpaired) electrons. The third-order valence-corrected chi connectivity index (χ3v) is 20.3. The van der Waals surface area contributed by atoms with Crippen LogP contribution in [-0.2, 0) is 0 Å². The zero-order valence-electron chi connectivity index (χ0n) is 57.1. The van der Waals surface area contributed by atoms with Gasteiger partial charge in [-0.25, -0.2) is 39.9 Å². The van der Waals surface area contributed by atoms with E-state index in [4.69, 9.17) is 39.9 Å². The Kier molecular flexibility index (Phi) is 15.0. The lowest BCUT2D eigenvalue weighted by atomic mass is 9.33. The van der Waals surface area contributed by atoms with Crippen molar-refractivity contribution in [1.29, 1.82) is 0 Å². The van der Waals surface area contributed by atoms with Gasteiger partial charge >= 0.3 is 0 Å². The fraction of sp³-hybridized carbons (Fsp3) is 0. The number of hydrogen-bond donors (Lipinski definition) is 0. The number of fused-ring (bicyclic) bond motifs is 7. The van der Waals surface area contributed by atoms with E-state index in [2.05, 4.69) is 263 Å². The van der Waals surface area contributed by atoms with Crippen LogP contribution < -0.4 is 26.2 Å². The third-order valence-electron chi connectivity index (χ3n) is 20.3. The number of rotatable bonds is 13. The zero-order valence-corrected chi connectivity index (χ0v) is 57.1. The highest BCUT2D eigenvalue weighted by molar-refractivity contribution is 7.00. The van der Waals surface area contributed by atoms with E-state index in [1.165, 1.54) is 16.4 Å². The molecule has 0 spiro atoms. The second-order valence-corrected chi connectivity index (χ2v) is 26.6. The molecule has 0 saturated heterocycles. The molecule has 6 heterocycles. The van der Waals surface area contributed by atoms with Crippen molar-refractivity contribution >= 4 is 79.0 Å². The Morgan fingerprint density at radius 1 is 0.208 bits per heavy atom. The molecule has 106 heavy (non-hydrogen) atoms. The molecule has 11 nitrogen and oxygen atoms in total. The predicted octanol–water partition coefficient (Wildman–Crippen LogP) is 20.7. The topological polar surface area (TPSA) is 115 Å². The van der Waals surface area contributed by atoms with Crippen molar-refractivity contribution in [3.8, 4) is 119 Å². The average molecular weight is 1350 g/mol. The largest absolute Gasteiger partial charge is 0.311 e. The van der Waals surface area contributed by atoms with Crippen LogP contribution in [0.3, 0.4) is 0 Å². The molecule has 0 unspecified atom stereocenters. The molecule has 2 aliphatic rings. The van der Waals surface area contributed by atoms with Gasteiger partial charge in [-0.3, -0.25) is 0 Å². The van der Waals surface area contributed by atoms with E-state index >= 15 is 0 Å². The lowest BCUT2D eigenvalue weighted by Gasteiger charge is -2.44. The van der Waals surface area contributed by atoms with Crippen molar-refractivity contribution in [2.75, 3.05) is 9.80 Å². The number of para-hydroxylation sites is 5. The monoisotopic (exact) mass is 1350 g/mol. The van der Waals surface area contributed by atoms with Gasteiger partial charge < -0.3 is 14.4 Å². The highest BCUT2D eigenvalue weighted by Gasteiger charge is 2.43. The molecule has 0 bridgehead atoms. The van der Waals surface area contributed by atoms with Crippen LogP contribution in [0.5, 0.6) is 0 Å². The Hall–Kier alpha value is -14.4. The molecule has 0 aliphatic carbocycles. The molecule has 12 heteroatoms. The van der Waals surface area contributed by atoms with Gasteiger partial charge in [0.2, 0.25) is 0 Å². The highest BCUT2D eigenvalue weighted by Crippen LogP contribution is 2.47. The van der Waals surface area contributed by atoms with Crippen LogP contribution in [-0.4, -0.2) is 51.2 Å². The predicted molar refractivity (Wildman–Crippen MR) is 432 cm³/mol. The number of hydrogen-bond acceptors (Lipinski definition) is 10. The van der Waals surface area contributed by atoms with Gasteiger partial charge in [-0.1, -0.05) is 261 Å². The van der Waals surface area contributed by atoms with Crippen LogP contribution >= 0.6 is 0 Å². The number of benzene rings is 14. The van der Waals surface area contributed by atoms with Crippen LogP contribution in [0.2, 0.25) is 0 Å². The van der Waals surface area contributed by atoms with E-state index in [1.807, 2.05) is 115 Å². The van der Waals surface area contributed by atoms with Crippen molar-refractivity contribution in [3.05, 3.63) is 364 Å². The number of nitrogens with zero attached hydrogens (tertiary/aromatic N) is 11. The quantitative estimate of drug-likeness (QED) is 0.103. The minimum Gasteiger partial charge on any atom is -0.311 e. The summed E-state index contributed by atoms with van der Waals surface area (Å²) >= 11 is 0. The van der Waals surface area contributed by atoms with Crippen LogP contribution in [0.1, 0.15) is 0 Å². The summed E-state index contributed by atoms with van der Waals surface area (Å²) in [5, 5.41) is 2.05. The van der Waals surface area contributed by atoms with Gasteiger partial charge in [-0.15, -0.1) is 0 Å². The maximum absolute atomic E-state index is 5.71. The summed E-state index contributed by atoms with van der Waals surface area (Å²) in [5.74, 6) is 3.78. The standard InChI is InChI=1S/C94H60BN11/c1-8-29-61(30-9-1)78-60-79(62-31-10-2-11-32-62)97-91(96-78)69-52-54-82(106-80-48-25-22-45-73(80)74-56-68(51-53-81(74)106)93-99-88(63-33-12-3-13-34-63)98-89(100-93)64-35-14-4-15-36-64)75(57-69)94-102-90(65-37-16-5-17-38-65)101-92(103-94)67-40-28-39-66(55-67)70-58-85-87-86(59-70)105(72-43-20-7-21-44-72)84-50-27-24-47-77(84)95(87)76-46-23-26-49-83(76)104(85)71-41-18-6-19-42-71/h1-60H. The molecule has 18 aromatic rings. The zero-order chi connectivity index (χ0) is 70.0. The number of aromatic nitrogens is 9. The maximum atomic E-state index is 5.71. The summed E-state index contributed by atoms with van der Waals surface area (Å²) in [6.07, 6.45) is 0. The van der Waals surface area contributed by atoms with Crippen LogP contribution in [0, 0.1) is 0 Å². The summed E-state index contributed by atoms with van der Waals surface area (Å²) in [5.41, 5.74) is 24.6. The molecule has 20 rings (SSSR count). The molecule has 0 saturated carbocycles. The van der Waals surface area contributed by atoms with E-state index in [0.717, 1.165) is 134 Å². The lowest BCUT2D eigenvalue weighted by Crippen LogP contribution is -2.61. The minimum atomic E-state index is -0.0320. The van der Waals surface area contributed by atoms with Crippen molar-refractivity contribution in [3.63, 3.8) is 0 Å². The summed E-state index contributed by atoms with van der Waals surface area (Å²) < 4.78 is 2.33. The van der Waals surface area contributed by atoms with Crippen LogP contribution in [0.15, 0.2) is 364 Å². The molecule has 2 aliphatic heterocycles. The first-order valence-electron chi connectivity index (χ1n) is 35.6. The third kappa shape index (κ3) is 10.9. The van der Waals surface area contributed by atoms with Crippen molar-refractivity contribution in [1.82, 2.24) is 44.4 Å². The Balaban J connectivity index is 0.802. The van der Waals surface area contributed by atoms with Gasteiger partial charge in [0.25, 0.3) is 6.71 Å². The van der Waals surface area contributed by atoms with Gasteiger partial charge in [0.15, 0.2) is 40.8 Å². The second kappa shape index (κ2) is 25.9. The SMILES string of the molecule is c1ccc(-c2cc(-c3ccccc3)nc(-c3ccc(-n4c5ccccc5c5cc(-c6nc(-c7ccccc7)nc(-c7ccccc7)n6)ccc54)c(-c4nc(-c5ccccc5)nc(-c5cccc(-c6cc7c8c(c6)N(c6ccccc6)c6ccccc6B8c6ccccc6N7c6ccccc6)c5)n4)c3)n2)cc1. The summed E-state index contributed by atoms with van der Waals surface area (Å²) in [7, 11) is 0. The van der Waals surface area contributed by atoms with Gasteiger partial charge in [-0.2, -0.15) is 0 Å². The van der Waals surface area contributed by atoms with Crippen molar-refractivity contribution in [2.24, 2.45) is 0 Å². The Morgan fingerprint density at radius 3 is 1.10 bits per heavy atom. The van der Waals surface area contributed by atoms with Crippen molar-refractivity contribution < 1.29 is 0 Å². The molecule has 4 aromatic heterocycles. The molecule has 0 atom stereocenters. The summed E-state index contributed by atoms with van der Waals surface area (Å²) in [6.45, 7) is -0.0320. The molecule has 0 N–H and O–H groups in total. The lowest BCUT2D eigenvalue weighted by molar-refractivity contribution is 1.06. The Bertz CT molecular complexity index is 6180. The maximum Gasteiger partial charge on any atom is 0.252 e. The molecule has 494 valence electrons. The highest BCUT2D eigenvalue weighted by atomic mass is 15.2. The first kappa shape index (κ1) is 61.5. The smallest absolute Gasteiger partial charge is 0.252 e. The van der Waals surface area contributed by atoms with E-state index in [1.54, 1.807) is 0 Å². The summed E-state index contributed by atoms with van der Waals surface area (Å²) in [6, 6.07) is 127. The molecule has 0 fully saturated rings. The average Bonchev–Trinajstić information content (AvgIpc) is 0.839. The number of anilines is 6. The van der Waals surface area contributed by atoms with Crippen LogP contribution in [0.25, 0.3) is 141 Å². The Morgan fingerprint density at radius 2 is 0.585 bits per heavy atom. The fourth-order valence-electron chi connectivity index (χ4n) is 15.4.